The minimum absolute atomic E-state index is 0.0796. The molecule has 0 unspecified atom stereocenters. The third-order valence-corrected chi connectivity index (χ3v) is 0.420. The quantitative estimate of drug-likeness (QED) is 0.381. The van der Waals surface area contributed by atoms with E-state index in [1.807, 2.05) is 13.8 Å². The highest BCUT2D eigenvalue weighted by Gasteiger charge is 1.93. The molecule has 0 aliphatic rings. The van der Waals surface area contributed by atoms with Crippen molar-refractivity contribution >= 4 is 11.8 Å². The van der Waals surface area contributed by atoms with Gasteiger partial charge in [-0.1, -0.05) is 13.8 Å². The first kappa shape index (κ1) is 11.8. The van der Waals surface area contributed by atoms with Crippen molar-refractivity contribution in [1.82, 2.24) is 0 Å². The molecule has 0 bridgehead atoms. The molecule has 10 heavy (non-hydrogen) atoms. The third kappa shape index (κ3) is 10.2. The van der Waals surface area contributed by atoms with Crippen molar-refractivity contribution in [2.24, 2.45) is 0 Å². The van der Waals surface area contributed by atoms with Gasteiger partial charge in [-0.2, -0.15) is 0 Å². The Hall–Kier alpha value is -0.900. The average molecular weight is 146 g/mol. The van der Waals surface area contributed by atoms with Crippen LogP contribution in [0.1, 0.15) is 20.8 Å². The van der Waals surface area contributed by atoms with E-state index >= 15 is 0 Å². The van der Waals surface area contributed by atoms with Gasteiger partial charge in [-0.25, -0.2) is 0 Å². The molecule has 0 aromatic carbocycles. The number of nitrogens with one attached hydrogen (secondary N) is 2. The summed E-state index contributed by atoms with van der Waals surface area (Å²) in [6.07, 6.45) is 0. The number of hydrogen-bond donors (Lipinski definition) is 3. The summed E-state index contributed by atoms with van der Waals surface area (Å²) in [5, 5.41) is 21.4. The minimum Gasteiger partial charge on any atom is -0.428 e. The minimum atomic E-state index is -0.448. The van der Waals surface area contributed by atoms with Crippen LogP contribution in [0.15, 0.2) is 0 Å². The molecular formula is C6H14N2O2. The topological polar surface area (TPSA) is 77.2 Å². The van der Waals surface area contributed by atoms with E-state index in [2.05, 4.69) is 4.74 Å². The van der Waals surface area contributed by atoms with Crippen molar-refractivity contribution in [2.45, 2.75) is 20.8 Å². The lowest BCUT2D eigenvalue weighted by Crippen LogP contribution is -2.10. The first-order valence-corrected chi connectivity index (χ1v) is 3.08. The summed E-state index contributed by atoms with van der Waals surface area (Å²) in [6.45, 7) is 4.94. The fourth-order valence-electron chi connectivity index (χ4n) is 0.217. The zero-order chi connectivity index (χ0) is 8.57. The Bertz CT molecular complexity index is 112. The molecular weight excluding hydrogens is 132 g/mol. The summed E-state index contributed by atoms with van der Waals surface area (Å²) >= 11 is 0. The zero-order valence-corrected chi connectivity index (χ0v) is 6.56. The Balaban J connectivity index is 0. The molecule has 0 spiro atoms. The van der Waals surface area contributed by atoms with Gasteiger partial charge in [-0.15, -0.1) is 0 Å². The van der Waals surface area contributed by atoms with Gasteiger partial charge >= 0.3 is 0 Å². The van der Waals surface area contributed by atoms with Crippen LogP contribution in [-0.2, 0) is 4.74 Å². The van der Waals surface area contributed by atoms with E-state index in [-0.39, 0.29) is 11.8 Å². The predicted octanol–water partition coefficient (Wildman–Crippen LogP) is 0.996. The van der Waals surface area contributed by atoms with Gasteiger partial charge in [0.05, 0.1) is 0 Å². The van der Waals surface area contributed by atoms with E-state index in [1.165, 1.54) is 6.92 Å². The fourth-order valence-corrected chi connectivity index (χ4v) is 0.217. The lowest BCUT2D eigenvalue weighted by molar-refractivity contribution is 0.324. The van der Waals surface area contributed by atoms with Crippen molar-refractivity contribution < 1.29 is 9.84 Å². The van der Waals surface area contributed by atoms with Crippen LogP contribution in [0.25, 0.3) is 0 Å². The second-order valence-corrected chi connectivity index (χ2v) is 1.24. The lowest BCUT2D eigenvalue weighted by atomic mass is 10.7. The molecule has 0 heterocycles. The van der Waals surface area contributed by atoms with E-state index in [4.69, 9.17) is 15.9 Å². The second kappa shape index (κ2) is 8.10. The average Bonchev–Trinajstić information content (AvgIpc) is 1.91. The second-order valence-electron chi connectivity index (χ2n) is 1.24. The largest absolute Gasteiger partial charge is 0.428 e. The summed E-state index contributed by atoms with van der Waals surface area (Å²) in [6, 6.07) is 0. The molecule has 0 saturated heterocycles. The molecule has 0 aliphatic carbocycles. The Kier molecular flexibility index (Phi) is 9.59. The molecule has 4 nitrogen and oxygen atoms in total. The molecule has 0 atom stereocenters. The number of aliphatic hydroxyl groups excluding tert-OH is 1. The third-order valence-electron chi connectivity index (χ3n) is 0.420. The molecule has 60 valence electrons. The van der Waals surface area contributed by atoms with Gasteiger partial charge < -0.3 is 9.84 Å². The summed E-state index contributed by atoms with van der Waals surface area (Å²) < 4.78 is 4.32. The van der Waals surface area contributed by atoms with Gasteiger partial charge in [0.25, 0.3) is 0 Å². The maximum Gasteiger partial charge on any atom is 0.214 e. The normalized spacial score (nSPS) is 7.20. The van der Waals surface area contributed by atoms with E-state index in [0.717, 1.165) is 0 Å². The van der Waals surface area contributed by atoms with Gasteiger partial charge in [0.2, 0.25) is 5.90 Å². The van der Waals surface area contributed by atoms with Crippen molar-refractivity contribution in [3.8, 4) is 0 Å². The van der Waals surface area contributed by atoms with Crippen LogP contribution < -0.4 is 0 Å². The van der Waals surface area contributed by atoms with Gasteiger partial charge in [-0.3, -0.25) is 10.8 Å². The molecule has 3 N–H and O–H groups in total. The predicted molar refractivity (Wildman–Crippen MR) is 40.6 cm³/mol. The van der Waals surface area contributed by atoms with E-state index in [9.17, 15) is 0 Å². The molecule has 0 fully saturated rings. The van der Waals surface area contributed by atoms with E-state index < -0.39 is 6.61 Å². The fraction of sp³-hybridized carbons (Fsp3) is 0.667. The number of aliphatic hydroxyl groups is 1. The van der Waals surface area contributed by atoms with Gasteiger partial charge in [0, 0.05) is 6.92 Å². The Morgan fingerprint density at radius 1 is 1.40 bits per heavy atom. The van der Waals surface area contributed by atoms with Gasteiger partial charge in [0.15, 0.2) is 5.90 Å². The molecule has 0 aliphatic heterocycles. The van der Waals surface area contributed by atoms with Crippen molar-refractivity contribution in [2.75, 3.05) is 6.61 Å². The number of rotatable bonds is 1. The molecule has 0 aromatic heterocycles. The lowest BCUT2D eigenvalue weighted by Gasteiger charge is -1.98. The molecule has 0 aromatic rings. The van der Waals surface area contributed by atoms with Crippen LogP contribution in [0.2, 0.25) is 0 Å². The van der Waals surface area contributed by atoms with Crippen molar-refractivity contribution in [1.29, 1.82) is 10.8 Å². The van der Waals surface area contributed by atoms with Gasteiger partial charge in [-0.05, 0) is 0 Å². The highest BCUT2D eigenvalue weighted by molar-refractivity contribution is 5.87. The summed E-state index contributed by atoms with van der Waals surface area (Å²) in [5.41, 5.74) is 0. The monoisotopic (exact) mass is 146 g/mol. The molecule has 0 rings (SSSR count). The Morgan fingerprint density at radius 2 is 1.80 bits per heavy atom. The van der Waals surface area contributed by atoms with E-state index in [0.29, 0.717) is 0 Å². The standard InChI is InChI=1S/C4H8N2O2.C2H6/c1-3(5)8-4(6)2-7;1-2/h5-7H,2H2,1H3;1-2H3. The SMILES string of the molecule is CC.CC(=N)OC(=N)CO. The van der Waals surface area contributed by atoms with Crippen LogP contribution >= 0.6 is 0 Å². The van der Waals surface area contributed by atoms with Crippen LogP contribution in [0.5, 0.6) is 0 Å². The first-order valence-electron chi connectivity index (χ1n) is 3.08. The van der Waals surface area contributed by atoms with Crippen molar-refractivity contribution in [3.63, 3.8) is 0 Å². The van der Waals surface area contributed by atoms with Crippen molar-refractivity contribution in [3.05, 3.63) is 0 Å². The maximum atomic E-state index is 8.14. The van der Waals surface area contributed by atoms with Crippen LogP contribution in [0.3, 0.4) is 0 Å². The van der Waals surface area contributed by atoms with Gasteiger partial charge in [0.1, 0.15) is 6.61 Å². The van der Waals surface area contributed by atoms with Crippen LogP contribution in [-0.4, -0.2) is 23.5 Å². The molecule has 4 heteroatoms. The van der Waals surface area contributed by atoms with Crippen LogP contribution in [0.4, 0.5) is 0 Å². The molecule has 0 amide bonds. The Labute approximate surface area is 60.8 Å². The highest BCUT2D eigenvalue weighted by Crippen LogP contribution is 1.77. The molecule has 0 saturated carbocycles. The number of ether oxygens (including phenoxy) is 1. The summed E-state index contributed by atoms with van der Waals surface area (Å²) in [5.74, 6) is -0.374. The van der Waals surface area contributed by atoms with Crippen LogP contribution in [0, 0.1) is 10.8 Å². The zero-order valence-electron chi connectivity index (χ0n) is 6.56. The van der Waals surface area contributed by atoms with E-state index in [1.54, 1.807) is 0 Å². The molecule has 0 radical (unpaired) electrons. The number of hydrogen-bond acceptors (Lipinski definition) is 4. The smallest absolute Gasteiger partial charge is 0.214 e. The first-order chi connectivity index (χ1) is 4.66. The Morgan fingerprint density at radius 3 is 1.90 bits per heavy atom. The summed E-state index contributed by atoms with van der Waals surface area (Å²) in [4.78, 5) is 0. The maximum absolute atomic E-state index is 8.14. The highest BCUT2D eigenvalue weighted by atomic mass is 16.5. The summed E-state index contributed by atoms with van der Waals surface area (Å²) in [7, 11) is 0.